The summed E-state index contributed by atoms with van der Waals surface area (Å²) in [5.74, 6) is -0.798. The van der Waals surface area contributed by atoms with Crippen LogP contribution in [0.4, 0.5) is 0 Å². The summed E-state index contributed by atoms with van der Waals surface area (Å²) in [6.45, 7) is 6.50. The molecule has 1 N–H and O–H groups in total. The van der Waals surface area contributed by atoms with Crippen LogP contribution in [0.3, 0.4) is 0 Å². The Labute approximate surface area is 172 Å². The van der Waals surface area contributed by atoms with Gasteiger partial charge in [0.15, 0.2) is 6.10 Å². The van der Waals surface area contributed by atoms with Crippen LogP contribution in [0.15, 0.2) is 23.0 Å². The van der Waals surface area contributed by atoms with Crippen LogP contribution in [0.5, 0.6) is 11.6 Å². The Morgan fingerprint density at radius 2 is 2.00 bits per heavy atom. The fourth-order valence-electron chi connectivity index (χ4n) is 2.83. The van der Waals surface area contributed by atoms with Crippen molar-refractivity contribution >= 4 is 29.0 Å². The van der Waals surface area contributed by atoms with Gasteiger partial charge in [0.2, 0.25) is 11.7 Å². The zero-order chi connectivity index (χ0) is 21.2. The van der Waals surface area contributed by atoms with Gasteiger partial charge in [-0.3, -0.25) is 14.2 Å². The molecule has 0 amide bonds. The molecule has 1 aromatic heterocycles. The lowest BCUT2D eigenvalue weighted by Gasteiger charge is -2.21. The highest BCUT2D eigenvalue weighted by Gasteiger charge is 2.29. The Hall–Kier alpha value is -2.49. The number of ether oxygens (including phenoxy) is 1. The van der Waals surface area contributed by atoms with Crippen molar-refractivity contribution in [3.63, 3.8) is 0 Å². The Morgan fingerprint density at radius 3 is 2.54 bits per heavy atom. The van der Waals surface area contributed by atoms with Gasteiger partial charge < -0.3 is 9.84 Å². The Balaban J connectivity index is 2.55. The summed E-state index contributed by atoms with van der Waals surface area (Å²) in [4.78, 5) is 25.6. The highest BCUT2D eigenvalue weighted by Crippen LogP contribution is 2.31. The van der Waals surface area contributed by atoms with E-state index in [0.717, 1.165) is 4.57 Å². The molecular formula is C20H20Cl2N2O4. The second-order valence-electron chi connectivity index (χ2n) is 6.44. The Morgan fingerprint density at radius 1 is 1.36 bits per heavy atom. The number of ketones is 1. The van der Waals surface area contributed by atoms with Crippen LogP contribution in [0, 0.1) is 18.3 Å². The topological polar surface area (TPSA) is 92.3 Å². The molecule has 2 unspecified atom stereocenters. The van der Waals surface area contributed by atoms with Gasteiger partial charge in [-0.25, -0.2) is 0 Å². The number of rotatable bonds is 6. The predicted molar refractivity (Wildman–Crippen MR) is 108 cm³/mol. The Kier molecular flexibility index (Phi) is 6.76. The van der Waals surface area contributed by atoms with Crippen molar-refractivity contribution in [2.45, 2.75) is 46.3 Å². The molecule has 0 fully saturated rings. The summed E-state index contributed by atoms with van der Waals surface area (Å²) in [7, 11) is 0. The molecule has 2 atom stereocenters. The number of aromatic hydroxyl groups is 1. The van der Waals surface area contributed by atoms with Crippen molar-refractivity contribution in [2.75, 3.05) is 0 Å². The van der Waals surface area contributed by atoms with Gasteiger partial charge in [-0.15, -0.1) is 0 Å². The number of carbonyl (C=O) groups excluding carboxylic acids is 1. The first-order valence-corrected chi connectivity index (χ1v) is 9.43. The predicted octanol–water partition coefficient (Wildman–Crippen LogP) is 4.66. The van der Waals surface area contributed by atoms with Gasteiger partial charge >= 0.3 is 0 Å². The maximum atomic E-state index is 13.0. The van der Waals surface area contributed by atoms with Crippen molar-refractivity contribution in [1.82, 2.24) is 4.57 Å². The molecular weight excluding hydrogens is 403 g/mol. The molecule has 1 heterocycles. The minimum Gasteiger partial charge on any atom is -0.494 e. The highest BCUT2D eigenvalue weighted by molar-refractivity contribution is 6.35. The van der Waals surface area contributed by atoms with Crippen LogP contribution in [0.1, 0.15) is 54.7 Å². The van der Waals surface area contributed by atoms with E-state index < -0.39 is 29.4 Å². The first-order chi connectivity index (χ1) is 13.1. The molecule has 0 aliphatic carbocycles. The summed E-state index contributed by atoms with van der Waals surface area (Å²) in [5, 5.41) is 20.7. The maximum Gasteiger partial charge on any atom is 0.271 e. The normalized spacial score (nSPS) is 12.9. The zero-order valence-electron chi connectivity index (χ0n) is 15.9. The second-order valence-corrected chi connectivity index (χ2v) is 7.29. The second kappa shape index (κ2) is 8.68. The average Bonchev–Trinajstić information content (AvgIpc) is 2.63. The Bertz CT molecular complexity index is 1020. The minimum atomic E-state index is -1.03. The minimum absolute atomic E-state index is 0.117. The number of aromatic nitrogens is 1. The zero-order valence-corrected chi connectivity index (χ0v) is 17.4. The van der Waals surface area contributed by atoms with Gasteiger partial charge in [-0.2, -0.15) is 5.26 Å². The lowest BCUT2D eigenvalue weighted by molar-refractivity contribution is 0.0812. The SMILES string of the molecule is CCC(C)n1c(O)c(C(=O)C(C)Oc2ccc(Cl)cc2Cl)c(C)c(C#N)c1=O. The molecule has 28 heavy (non-hydrogen) atoms. The number of carbonyl (C=O) groups is 1. The van der Waals surface area contributed by atoms with Gasteiger partial charge in [0, 0.05) is 11.1 Å². The van der Waals surface area contributed by atoms with Crippen LogP contribution in [-0.4, -0.2) is 21.6 Å². The van der Waals surface area contributed by atoms with Crippen molar-refractivity contribution in [3.05, 3.63) is 55.3 Å². The fraction of sp³-hybridized carbons (Fsp3) is 0.350. The van der Waals surface area contributed by atoms with E-state index in [4.69, 9.17) is 27.9 Å². The van der Waals surface area contributed by atoms with Crippen molar-refractivity contribution in [2.24, 2.45) is 0 Å². The van der Waals surface area contributed by atoms with Crippen LogP contribution >= 0.6 is 23.2 Å². The third-order valence-corrected chi connectivity index (χ3v) is 5.12. The van der Waals surface area contributed by atoms with Crippen LogP contribution in [-0.2, 0) is 0 Å². The van der Waals surface area contributed by atoms with E-state index in [2.05, 4.69) is 0 Å². The van der Waals surface area contributed by atoms with Gasteiger partial charge in [-0.05, 0) is 51.0 Å². The van der Waals surface area contributed by atoms with E-state index >= 15 is 0 Å². The van der Waals surface area contributed by atoms with E-state index in [-0.39, 0.29) is 27.5 Å². The number of hydrogen-bond donors (Lipinski definition) is 1. The summed E-state index contributed by atoms with van der Waals surface area (Å²) in [5.41, 5.74) is -0.808. The first-order valence-electron chi connectivity index (χ1n) is 8.68. The summed E-state index contributed by atoms with van der Waals surface area (Å²) in [6, 6.07) is 6.02. The smallest absolute Gasteiger partial charge is 0.271 e. The van der Waals surface area contributed by atoms with Crippen LogP contribution in [0.2, 0.25) is 10.0 Å². The monoisotopic (exact) mass is 422 g/mol. The lowest BCUT2D eigenvalue weighted by atomic mass is 9.98. The van der Waals surface area contributed by atoms with E-state index in [1.165, 1.54) is 26.0 Å². The number of halogens is 2. The molecule has 148 valence electrons. The third-order valence-electron chi connectivity index (χ3n) is 4.59. The number of benzene rings is 1. The number of nitrogens with zero attached hydrogens (tertiary/aromatic N) is 2. The molecule has 0 spiro atoms. The van der Waals surface area contributed by atoms with Crippen molar-refractivity contribution < 1.29 is 14.6 Å². The third kappa shape index (κ3) is 4.01. The van der Waals surface area contributed by atoms with Gasteiger partial charge in [-0.1, -0.05) is 30.1 Å². The number of Topliss-reactive ketones (excluding diaryl/α,β-unsaturated/α-hetero) is 1. The quantitative estimate of drug-likeness (QED) is 0.683. The van der Waals surface area contributed by atoms with Crippen molar-refractivity contribution in [3.8, 4) is 17.7 Å². The molecule has 8 heteroatoms. The van der Waals surface area contributed by atoms with E-state index in [1.807, 2.05) is 13.0 Å². The number of pyridine rings is 1. The largest absolute Gasteiger partial charge is 0.494 e. The van der Waals surface area contributed by atoms with Crippen LogP contribution in [0.25, 0.3) is 0 Å². The van der Waals surface area contributed by atoms with Gasteiger partial charge in [0.1, 0.15) is 17.4 Å². The maximum absolute atomic E-state index is 13.0. The number of nitriles is 1. The highest BCUT2D eigenvalue weighted by atomic mass is 35.5. The van der Waals surface area contributed by atoms with Crippen molar-refractivity contribution in [1.29, 1.82) is 5.26 Å². The molecule has 2 rings (SSSR count). The molecule has 0 saturated carbocycles. The fourth-order valence-corrected chi connectivity index (χ4v) is 3.28. The lowest BCUT2D eigenvalue weighted by Crippen LogP contribution is -2.32. The molecule has 0 aliphatic rings. The first kappa shape index (κ1) is 21.8. The molecule has 2 aromatic rings. The molecule has 0 saturated heterocycles. The van der Waals surface area contributed by atoms with Crippen LogP contribution < -0.4 is 10.3 Å². The van der Waals surface area contributed by atoms with Gasteiger partial charge in [0.25, 0.3) is 5.56 Å². The molecule has 1 aromatic carbocycles. The molecule has 6 nitrogen and oxygen atoms in total. The standard InChI is InChI=1S/C20H20Cl2N2O4/c1-5-10(2)24-19(26)14(9-23)11(3)17(20(24)27)18(25)12(4)28-16-7-6-13(21)8-15(16)22/h6-8,10,12,27H,5H2,1-4H3. The summed E-state index contributed by atoms with van der Waals surface area (Å²) >= 11 is 11.9. The molecule has 0 bridgehead atoms. The van der Waals surface area contributed by atoms with Gasteiger partial charge in [0.05, 0.1) is 10.6 Å². The van der Waals surface area contributed by atoms with E-state index in [9.17, 15) is 20.0 Å². The number of hydrogen-bond acceptors (Lipinski definition) is 5. The molecule has 0 radical (unpaired) electrons. The van der Waals surface area contributed by atoms with E-state index in [0.29, 0.717) is 11.4 Å². The summed E-state index contributed by atoms with van der Waals surface area (Å²) in [6.07, 6.45) is -0.501. The molecule has 0 aliphatic heterocycles. The van der Waals surface area contributed by atoms with E-state index in [1.54, 1.807) is 13.0 Å². The summed E-state index contributed by atoms with van der Waals surface area (Å²) < 4.78 is 6.71. The average molecular weight is 423 g/mol.